The average Bonchev–Trinajstić information content (AvgIpc) is 2.33. The molecule has 17 heavy (non-hydrogen) atoms. The second kappa shape index (κ2) is 7.22. The maximum absolute atomic E-state index is 11.2. The summed E-state index contributed by atoms with van der Waals surface area (Å²) in [7, 11) is 0. The van der Waals surface area contributed by atoms with E-state index in [1.54, 1.807) is 6.08 Å². The first-order valence-corrected chi connectivity index (χ1v) is 5.22. The zero-order chi connectivity index (χ0) is 12.5. The Bertz CT molecular complexity index is 395. The Labute approximate surface area is 99.8 Å². The van der Waals surface area contributed by atoms with E-state index in [9.17, 15) is 9.59 Å². The molecule has 0 radical (unpaired) electrons. The lowest BCUT2D eigenvalue weighted by Gasteiger charge is -2.01. The number of benzene rings is 1. The summed E-state index contributed by atoms with van der Waals surface area (Å²) < 4.78 is 9.43. The Kier molecular flexibility index (Phi) is 5.51. The molecule has 90 valence electrons. The van der Waals surface area contributed by atoms with Crippen LogP contribution in [0.3, 0.4) is 0 Å². The van der Waals surface area contributed by atoms with Crippen LogP contribution in [0.25, 0.3) is 6.08 Å². The molecule has 0 bridgehead atoms. The Morgan fingerprint density at radius 3 is 2.41 bits per heavy atom. The summed E-state index contributed by atoms with van der Waals surface area (Å²) in [5.74, 6) is -0.845. The molecule has 0 unspecified atom stereocenters. The molecule has 0 aromatic heterocycles. The first-order valence-electron chi connectivity index (χ1n) is 5.22. The number of ether oxygens (including phenoxy) is 2. The predicted octanol–water partition coefficient (Wildman–Crippen LogP) is 1.81. The molecule has 4 nitrogen and oxygen atoms in total. The Balaban J connectivity index is 2.25. The largest absolute Gasteiger partial charge is 0.462 e. The van der Waals surface area contributed by atoms with E-state index in [1.165, 1.54) is 13.0 Å². The van der Waals surface area contributed by atoms with Crippen molar-refractivity contribution in [2.75, 3.05) is 13.2 Å². The minimum absolute atomic E-state index is 0.0670. The average molecular weight is 234 g/mol. The highest BCUT2D eigenvalue weighted by molar-refractivity contribution is 5.87. The van der Waals surface area contributed by atoms with Gasteiger partial charge in [0.1, 0.15) is 13.2 Å². The van der Waals surface area contributed by atoms with Crippen molar-refractivity contribution in [2.45, 2.75) is 6.92 Å². The highest BCUT2D eigenvalue weighted by Crippen LogP contribution is 2.00. The van der Waals surface area contributed by atoms with E-state index in [1.807, 2.05) is 30.3 Å². The van der Waals surface area contributed by atoms with Crippen LogP contribution < -0.4 is 0 Å². The quantitative estimate of drug-likeness (QED) is 0.443. The maximum Gasteiger partial charge on any atom is 0.330 e. The van der Waals surface area contributed by atoms with Gasteiger partial charge in [-0.25, -0.2) is 4.79 Å². The fourth-order valence-electron chi connectivity index (χ4n) is 1.10. The molecule has 0 aliphatic carbocycles. The van der Waals surface area contributed by atoms with Crippen molar-refractivity contribution in [3.63, 3.8) is 0 Å². The van der Waals surface area contributed by atoms with E-state index in [0.29, 0.717) is 0 Å². The van der Waals surface area contributed by atoms with Gasteiger partial charge in [-0.2, -0.15) is 0 Å². The van der Waals surface area contributed by atoms with Gasteiger partial charge in [0.05, 0.1) is 0 Å². The van der Waals surface area contributed by atoms with E-state index < -0.39 is 5.97 Å². The molecule has 0 atom stereocenters. The molecular formula is C13H14O4. The van der Waals surface area contributed by atoms with Crippen molar-refractivity contribution < 1.29 is 19.1 Å². The van der Waals surface area contributed by atoms with Crippen LogP contribution in [0.5, 0.6) is 0 Å². The van der Waals surface area contributed by atoms with E-state index in [4.69, 9.17) is 4.74 Å². The third-order valence-corrected chi connectivity index (χ3v) is 1.84. The summed E-state index contributed by atoms with van der Waals surface area (Å²) >= 11 is 0. The zero-order valence-corrected chi connectivity index (χ0v) is 9.59. The fourth-order valence-corrected chi connectivity index (χ4v) is 1.10. The van der Waals surface area contributed by atoms with Crippen molar-refractivity contribution in [3.8, 4) is 0 Å². The summed E-state index contributed by atoms with van der Waals surface area (Å²) in [5, 5.41) is 0. The van der Waals surface area contributed by atoms with Crippen LogP contribution in [0.15, 0.2) is 36.4 Å². The topological polar surface area (TPSA) is 52.6 Å². The van der Waals surface area contributed by atoms with Gasteiger partial charge in [-0.15, -0.1) is 0 Å². The second-order valence-corrected chi connectivity index (χ2v) is 3.25. The summed E-state index contributed by atoms with van der Waals surface area (Å²) in [5.41, 5.74) is 0.921. The lowest BCUT2D eigenvalue weighted by atomic mass is 10.2. The first-order chi connectivity index (χ1) is 8.18. The van der Waals surface area contributed by atoms with Crippen molar-refractivity contribution in [1.82, 2.24) is 0 Å². The lowest BCUT2D eigenvalue weighted by Crippen LogP contribution is -2.10. The summed E-state index contributed by atoms with van der Waals surface area (Å²) in [4.78, 5) is 21.6. The first kappa shape index (κ1) is 13.0. The summed E-state index contributed by atoms with van der Waals surface area (Å²) in [6.07, 6.45) is 3.00. The zero-order valence-electron chi connectivity index (χ0n) is 9.59. The second-order valence-electron chi connectivity index (χ2n) is 3.25. The van der Waals surface area contributed by atoms with Gasteiger partial charge in [0, 0.05) is 13.0 Å². The van der Waals surface area contributed by atoms with Gasteiger partial charge in [0.25, 0.3) is 0 Å². The van der Waals surface area contributed by atoms with Gasteiger partial charge in [-0.05, 0) is 11.6 Å². The molecule has 0 amide bonds. The highest BCUT2D eigenvalue weighted by Gasteiger charge is 1.98. The van der Waals surface area contributed by atoms with Crippen molar-refractivity contribution in [3.05, 3.63) is 42.0 Å². The summed E-state index contributed by atoms with van der Waals surface area (Å²) in [6.45, 7) is 1.45. The van der Waals surface area contributed by atoms with Crippen LogP contribution in [-0.2, 0) is 19.1 Å². The lowest BCUT2D eigenvalue weighted by molar-refractivity contribution is -0.147. The van der Waals surface area contributed by atoms with E-state index in [0.717, 1.165) is 5.56 Å². The maximum atomic E-state index is 11.2. The third-order valence-electron chi connectivity index (χ3n) is 1.84. The number of carbonyl (C=O) groups excluding carboxylic acids is 2. The van der Waals surface area contributed by atoms with E-state index in [2.05, 4.69) is 4.74 Å². The molecule has 1 aromatic rings. The fraction of sp³-hybridized carbons (Fsp3) is 0.231. The third kappa shape index (κ3) is 6.14. The molecule has 4 heteroatoms. The van der Waals surface area contributed by atoms with Crippen LogP contribution in [0.1, 0.15) is 12.5 Å². The molecule has 0 fully saturated rings. The Hall–Kier alpha value is -2.10. The number of hydrogen-bond acceptors (Lipinski definition) is 4. The standard InChI is InChI=1S/C13H14O4/c1-11(14)16-9-10-17-13(15)8-7-12-5-3-2-4-6-12/h2-8H,9-10H2,1H3/b8-7+. The number of hydrogen-bond donors (Lipinski definition) is 0. The molecule has 0 saturated heterocycles. The van der Waals surface area contributed by atoms with Crippen LogP contribution in [0.2, 0.25) is 0 Å². The summed E-state index contributed by atoms with van der Waals surface area (Å²) in [6, 6.07) is 9.41. The molecule has 0 saturated carbocycles. The Morgan fingerprint density at radius 1 is 1.12 bits per heavy atom. The van der Waals surface area contributed by atoms with Crippen LogP contribution >= 0.6 is 0 Å². The molecule has 0 spiro atoms. The molecule has 1 rings (SSSR count). The normalized spacial score (nSPS) is 10.2. The molecule has 0 N–H and O–H groups in total. The van der Waals surface area contributed by atoms with Gasteiger partial charge in [-0.3, -0.25) is 4.79 Å². The van der Waals surface area contributed by atoms with Gasteiger partial charge in [-0.1, -0.05) is 30.3 Å². The van der Waals surface area contributed by atoms with E-state index >= 15 is 0 Å². The predicted molar refractivity (Wildman–Crippen MR) is 63.1 cm³/mol. The molecular weight excluding hydrogens is 220 g/mol. The van der Waals surface area contributed by atoms with Crippen LogP contribution in [0, 0.1) is 0 Å². The smallest absolute Gasteiger partial charge is 0.330 e. The van der Waals surface area contributed by atoms with Crippen molar-refractivity contribution in [2.24, 2.45) is 0 Å². The Morgan fingerprint density at radius 2 is 1.76 bits per heavy atom. The van der Waals surface area contributed by atoms with E-state index in [-0.39, 0.29) is 19.2 Å². The monoisotopic (exact) mass is 234 g/mol. The van der Waals surface area contributed by atoms with Gasteiger partial charge >= 0.3 is 11.9 Å². The van der Waals surface area contributed by atoms with Crippen molar-refractivity contribution in [1.29, 1.82) is 0 Å². The number of carbonyl (C=O) groups is 2. The molecule has 0 aliphatic rings. The minimum atomic E-state index is -0.457. The van der Waals surface area contributed by atoms with Crippen LogP contribution in [-0.4, -0.2) is 25.2 Å². The number of esters is 2. The highest BCUT2D eigenvalue weighted by atomic mass is 16.6. The van der Waals surface area contributed by atoms with Crippen molar-refractivity contribution >= 4 is 18.0 Å². The molecule has 0 heterocycles. The number of rotatable bonds is 5. The molecule has 0 aliphatic heterocycles. The van der Waals surface area contributed by atoms with Gasteiger partial charge in [0.2, 0.25) is 0 Å². The van der Waals surface area contributed by atoms with Crippen LogP contribution in [0.4, 0.5) is 0 Å². The molecule has 1 aromatic carbocycles. The SMILES string of the molecule is CC(=O)OCCOC(=O)/C=C/c1ccccc1. The minimum Gasteiger partial charge on any atom is -0.462 e. The van der Waals surface area contributed by atoms with Gasteiger partial charge < -0.3 is 9.47 Å². The van der Waals surface area contributed by atoms with Gasteiger partial charge in [0.15, 0.2) is 0 Å².